The Morgan fingerprint density at radius 1 is 1.03 bits per heavy atom. The van der Waals surface area contributed by atoms with Gasteiger partial charge in [0.05, 0.1) is 22.3 Å². The molecule has 5 aromatic rings. The summed E-state index contributed by atoms with van der Waals surface area (Å²) in [4.78, 5) is 20.7. The summed E-state index contributed by atoms with van der Waals surface area (Å²) in [6, 6.07) is 22.5. The third-order valence-corrected chi connectivity index (χ3v) is 5.47. The van der Waals surface area contributed by atoms with Gasteiger partial charge in [-0.05, 0) is 68.4 Å². The predicted octanol–water partition coefficient (Wildman–Crippen LogP) is 5.67. The summed E-state index contributed by atoms with van der Waals surface area (Å²) in [5, 5.41) is 6.86. The van der Waals surface area contributed by atoms with Gasteiger partial charge in [-0.3, -0.25) is 4.79 Å². The monoisotopic (exact) mass is 438 g/mol. The molecule has 0 atom stereocenters. The van der Waals surface area contributed by atoms with E-state index in [1.165, 1.54) is 0 Å². The van der Waals surface area contributed by atoms with Gasteiger partial charge in [0.25, 0.3) is 5.91 Å². The van der Waals surface area contributed by atoms with Gasteiger partial charge in [0.15, 0.2) is 0 Å². The summed E-state index contributed by atoms with van der Waals surface area (Å²) in [6.45, 7) is 4.05. The first-order valence-electron chi connectivity index (χ1n) is 10.6. The molecule has 2 aromatic heterocycles. The molecule has 0 radical (unpaired) electrons. The van der Waals surface area contributed by atoms with Crippen LogP contribution in [-0.2, 0) is 6.61 Å². The third kappa shape index (κ3) is 4.34. The molecular formula is C26H22N4O3. The average molecular weight is 438 g/mol. The minimum absolute atomic E-state index is 0.214. The number of H-pyrrole nitrogens is 1. The maximum absolute atomic E-state index is 12.8. The molecule has 0 aliphatic heterocycles. The minimum Gasteiger partial charge on any atom is -0.489 e. The maximum atomic E-state index is 12.8. The lowest BCUT2D eigenvalue weighted by Crippen LogP contribution is -2.12. The molecule has 5 rings (SSSR count). The van der Waals surface area contributed by atoms with E-state index < -0.39 is 0 Å². The van der Waals surface area contributed by atoms with Crippen LogP contribution in [0.3, 0.4) is 0 Å². The predicted molar refractivity (Wildman–Crippen MR) is 126 cm³/mol. The number of hydrogen-bond acceptors (Lipinski definition) is 5. The summed E-state index contributed by atoms with van der Waals surface area (Å²) in [6.07, 6.45) is 0. The molecule has 2 N–H and O–H groups in total. The van der Waals surface area contributed by atoms with Crippen LogP contribution in [-0.4, -0.2) is 21.0 Å². The molecule has 1 amide bonds. The van der Waals surface area contributed by atoms with Gasteiger partial charge < -0.3 is 19.6 Å². The number of anilines is 1. The van der Waals surface area contributed by atoms with Gasteiger partial charge >= 0.3 is 0 Å². The van der Waals surface area contributed by atoms with Crippen LogP contribution < -0.4 is 10.1 Å². The molecular weight excluding hydrogens is 416 g/mol. The number of nitrogens with zero attached hydrogens (tertiary/aromatic N) is 2. The highest BCUT2D eigenvalue weighted by atomic mass is 16.5. The number of fused-ring (bicyclic) bond motifs is 1. The van der Waals surface area contributed by atoms with Gasteiger partial charge in [0.1, 0.15) is 23.9 Å². The normalized spacial score (nSPS) is 11.0. The number of aromatic amines is 1. The molecule has 0 bridgehead atoms. The van der Waals surface area contributed by atoms with E-state index in [-0.39, 0.29) is 5.91 Å². The SMILES string of the molecule is Cc1noc(C)c1COc1cccc(C(=O)Nc2ccc(-c3nc4ccccc4[nH]3)cc2)c1. The first-order chi connectivity index (χ1) is 16.1. The topological polar surface area (TPSA) is 93.0 Å². The number of aryl methyl sites for hydroxylation is 2. The Bertz CT molecular complexity index is 1380. The summed E-state index contributed by atoms with van der Waals surface area (Å²) in [7, 11) is 0. The lowest BCUT2D eigenvalue weighted by atomic mass is 10.1. The lowest BCUT2D eigenvalue weighted by molar-refractivity contribution is 0.102. The van der Waals surface area contributed by atoms with Crippen molar-refractivity contribution < 1.29 is 14.1 Å². The highest BCUT2D eigenvalue weighted by Crippen LogP contribution is 2.23. The number of imidazole rings is 1. The Morgan fingerprint density at radius 2 is 1.85 bits per heavy atom. The summed E-state index contributed by atoms with van der Waals surface area (Å²) < 4.78 is 11.0. The molecule has 0 fully saturated rings. The fourth-order valence-electron chi connectivity index (χ4n) is 3.59. The fourth-order valence-corrected chi connectivity index (χ4v) is 3.59. The van der Waals surface area contributed by atoms with E-state index in [1.54, 1.807) is 18.2 Å². The van der Waals surface area contributed by atoms with Gasteiger partial charge in [-0.2, -0.15) is 0 Å². The molecule has 2 heterocycles. The Morgan fingerprint density at radius 3 is 2.61 bits per heavy atom. The van der Waals surface area contributed by atoms with Crippen LogP contribution >= 0.6 is 0 Å². The van der Waals surface area contributed by atoms with Crippen LogP contribution in [0.4, 0.5) is 5.69 Å². The van der Waals surface area contributed by atoms with Crippen LogP contribution in [0.25, 0.3) is 22.4 Å². The van der Waals surface area contributed by atoms with E-state index >= 15 is 0 Å². The molecule has 0 aliphatic carbocycles. The van der Waals surface area contributed by atoms with E-state index in [2.05, 4.69) is 20.4 Å². The number of ether oxygens (including phenoxy) is 1. The molecule has 0 saturated heterocycles. The van der Waals surface area contributed by atoms with E-state index in [1.807, 2.05) is 68.4 Å². The smallest absolute Gasteiger partial charge is 0.255 e. The number of amides is 1. The number of benzene rings is 3. The van der Waals surface area contributed by atoms with Crippen LogP contribution in [0.1, 0.15) is 27.4 Å². The number of rotatable bonds is 6. The van der Waals surface area contributed by atoms with Crippen LogP contribution in [0.5, 0.6) is 5.75 Å². The molecule has 0 unspecified atom stereocenters. The fraction of sp³-hybridized carbons (Fsp3) is 0.115. The molecule has 3 aromatic carbocycles. The largest absolute Gasteiger partial charge is 0.489 e. The highest BCUT2D eigenvalue weighted by molar-refractivity contribution is 6.04. The Hall–Kier alpha value is -4.39. The zero-order valence-electron chi connectivity index (χ0n) is 18.3. The molecule has 7 heteroatoms. The van der Waals surface area contributed by atoms with Crippen LogP contribution in [0, 0.1) is 13.8 Å². The van der Waals surface area contributed by atoms with Crippen molar-refractivity contribution in [3.8, 4) is 17.1 Å². The van der Waals surface area contributed by atoms with Crippen LogP contribution in [0.15, 0.2) is 77.3 Å². The number of carbonyl (C=O) groups is 1. The van der Waals surface area contributed by atoms with Crippen molar-refractivity contribution in [2.24, 2.45) is 0 Å². The second kappa shape index (κ2) is 8.63. The molecule has 33 heavy (non-hydrogen) atoms. The van der Waals surface area contributed by atoms with Gasteiger partial charge in [0, 0.05) is 16.8 Å². The number of hydrogen-bond donors (Lipinski definition) is 2. The van der Waals surface area contributed by atoms with Crippen molar-refractivity contribution in [1.29, 1.82) is 0 Å². The molecule has 0 spiro atoms. The third-order valence-electron chi connectivity index (χ3n) is 5.47. The number of aromatic nitrogens is 3. The first kappa shape index (κ1) is 20.5. The summed E-state index contributed by atoms with van der Waals surface area (Å²) in [5.41, 5.74) is 5.76. The van der Waals surface area contributed by atoms with Crippen molar-refractivity contribution in [3.05, 3.63) is 95.4 Å². The number of nitrogens with one attached hydrogen (secondary N) is 2. The Balaban J connectivity index is 1.26. The van der Waals surface area contributed by atoms with E-state index in [9.17, 15) is 4.79 Å². The standard InChI is InChI=1S/C26H22N4O3/c1-16-22(17(2)33-30-16)15-32-21-7-5-6-19(14-21)26(31)27-20-12-10-18(11-13-20)25-28-23-8-3-4-9-24(23)29-25/h3-14H,15H2,1-2H3,(H,27,31)(H,28,29). The summed E-state index contributed by atoms with van der Waals surface area (Å²) >= 11 is 0. The molecule has 164 valence electrons. The lowest BCUT2D eigenvalue weighted by Gasteiger charge is -2.09. The zero-order chi connectivity index (χ0) is 22.8. The second-order valence-electron chi connectivity index (χ2n) is 7.75. The van der Waals surface area contributed by atoms with Crippen LogP contribution in [0.2, 0.25) is 0 Å². The Labute approximate surface area is 190 Å². The van der Waals surface area contributed by atoms with Crippen molar-refractivity contribution in [2.45, 2.75) is 20.5 Å². The Kier molecular flexibility index (Phi) is 5.36. The van der Waals surface area contributed by atoms with E-state index in [0.717, 1.165) is 39.4 Å². The quantitative estimate of drug-likeness (QED) is 0.356. The van der Waals surface area contributed by atoms with Gasteiger partial charge in [-0.1, -0.05) is 23.4 Å². The maximum Gasteiger partial charge on any atom is 0.255 e. The summed E-state index contributed by atoms with van der Waals surface area (Å²) in [5.74, 6) is 1.90. The van der Waals surface area contributed by atoms with Gasteiger partial charge in [0.2, 0.25) is 0 Å². The van der Waals surface area contributed by atoms with E-state index in [0.29, 0.717) is 23.6 Å². The zero-order valence-corrected chi connectivity index (χ0v) is 18.3. The minimum atomic E-state index is -0.214. The van der Waals surface area contributed by atoms with Crippen molar-refractivity contribution in [3.63, 3.8) is 0 Å². The highest BCUT2D eigenvalue weighted by Gasteiger charge is 2.12. The van der Waals surface area contributed by atoms with Crippen molar-refractivity contribution in [1.82, 2.24) is 15.1 Å². The van der Waals surface area contributed by atoms with Gasteiger partial charge in [-0.15, -0.1) is 0 Å². The molecule has 0 saturated carbocycles. The molecule has 0 aliphatic rings. The number of carbonyl (C=O) groups excluding carboxylic acids is 1. The van der Waals surface area contributed by atoms with E-state index in [4.69, 9.17) is 9.26 Å². The van der Waals surface area contributed by atoms with Crippen molar-refractivity contribution in [2.75, 3.05) is 5.32 Å². The average Bonchev–Trinajstić information content (AvgIpc) is 3.41. The van der Waals surface area contributed by atoms with Crippen molar-refractivity contribution >= 4 is 22.6 Å². The number of para-hydroxylation sites is 2. The first-order valence-corrected chi connectivity index (χ1v) is 10.6. The second-order valence-corrected chi connectivity index (χ2v) is 7.75. The van der Waals surface area contributed by atoms with Gasteiger partial charge in [-0.25, -0.2) is 4.98 Å². The molecule has 7 nitrogen and oxygen atoms in total.